The molecule has 0 aromatic heterocycles. The third-order valence-corrected chi connectivity index (χ3v) is 6.13. The number of esters is 1. The van der Waals surface area contributed by atoms with Crippen LogP contribution in [0.4, 0.5) is 0 Å². The number of carbonyl (C=O) groups excluding carboxylic acids is 1. The zero-order valence-corrected chi connectivity index (χ0v) is 15.3. The summed E-state index contributed by atoms with van der Waals surface area (Å²) >= 11 is 0.331. The molecule has 0 spiro atoms. The molecule has 0 radical (unpaired) electrons. The summed E-state index contributed by atoms with van der Waals surface area (Å²) in [6.07, 6.45) is 0.664. The second kappa shape index (κ2) is 8.18. The van der Waals surface area contributed by atoms with Gasteiger partial charge in [-0.1, -0.05) is 0 Å². The molecule has 3 nitrogen and oxygen atoms in total. The number of carbonyl (C=O) groups is 1. The summed E-state index contributed by atoms with van der Waals surface area (Å²) in [7, 11) is 0. The van der Waals surface area contributed by atoms with E-state index >= 15 is 0 Å². The van der Waals surface area contributed by atoms with Crippen LogP contribution in [0.3, 0.4) is 0 Å². The fourth-order valence-corrected chi connectivity index (χ4v) is 4.54. The Morgan fingerprint density at radius 1 is 1.12 bits per heavy atom. The van der Waals surface area contributed by atoms with Crippen molar-refractivity contribution >= 4 is 31.1 Å². The summed E-state index contributed by atoms with van der Waals surface area (Å²) < 4.78 is 12.7. The zero-order valence-electron chi connectivity index (χ0n) is 13.6. The van der Waals surface area contributed by atoms with Crippen molar-refractivity contribution in [3.05, 3.63) is 71.8 Å². The van der Waals surface area contributed by atoms with E-state index < -0.39 is 0 Å². The van der Waals surface area contributed by atoms with Crippen molar-refractivity contribution in [2.45, 2.75) is 24.8 Å². The van der Waals surface area contributed by atoms with E-state index in [9.17, 15) is 4.79 Å². The first-order valence-electron chi connectivity index (χ1n) is 8.08. The Bertz CT molecular complexity index is 710. The summed E-state index contributed by atoms with van der Waals surface area (Å²) in [6, 6.07) is 20.2. The van der Waals surface area contributed by atoms with Crippen LogP contribution in [0.5, 0.6) is 0 Å². The van der Waals surface area contributed by atoms with Crippen molar-refractivity contribution in [1.29, 1.82) is 0 Å². The van der Waals surface area contributed by atoms with Gasteiger partial charge in [0.25, 0.3) is 0 Å². The Morgan fingerprint density at radius 3 is 2.46 bits per heavy atom. The minimum atomic E-state index is -0.258. The molecule has 0 bridgehead atoms. The molecule has 0 aliphatic carbocycles. The molecule has 3 rings (SSSR count). The van der Waals surface area contributed by atoms with Gasteiger partial charge in [0.05, 0.1) is 0 Å². The molecule has 2 aromatic rings. The maximum atomic E-state index is 12.3. The van der Waals surface area contributed by atoms with Gasteiger partial charge in [0.1, 0.15) is 0 Å². The van der Waals surface area contributed by atoms with Crippen LogP contribution >= 0.6 is 0 Å². The van der Waals surface area contributed by atoms with Gasteiger partial charge in [-0.2, -0.15) is 0 Å². The fourth-order valence-electron chi connectivity index (χ4n) is 2.62. The van der Waals surface area contributed by atoms with Crippen LogP contribution in [0, 0.1) is 0 Å². The van der Waals surface area contributed by atoms with Crippen LogP contribution in [0.25, 0.3) is 5.76 Å². The summed E-state index contributed by atoms with van der Waals surface area (Å²) in [5.41, 5.74) is 1.60. The van der Waals surface area contributed by atoms with Gasteiger partial charge in [-0.3, -0.25) is 0 Å². The Labute approximate surface area is 148 Å². The molecule has 0 saturated carbocycles. The molecule has 1 heterocycles. The maximum absolute atomic E-state index is 12.3. The van der Waals surface area contributed by atoms with Crippen molar-refractivity contribution in [2.75, 3.05) is 6.61 Å². The van der Waals surface area contributed by atoms with Gasteiger partial charge in [-0.25, -0.2) is 0 Å². The van der Waals surface area contributed by atoms with Crippen LogP contribution in [-0.4, -0.2) is 33.6 Å². The molecular formula is C20H20O3Se. The van der Waals surface area contributed by atoms with Crippen LogP contribution < -0.4 is 4.46 Å². The van der Waals surface area contributed by atoms with E-state index in [1.165, 1.54) is 4.46 Å². The van der Waals surface area contributed by atoms with E-state index in [1.807, 2.05) is 43.3 Å². The van der Waals surface area contributed by atoms with Gasteiger partial charge < -0.3 is 0 Å². The second-order valence-electron chi connectivity index (χ2n) is 5.46. The average molecular weight is 387 g/mol. The third-order valence-electron chi connectivity index (χ3n) is 3.73. The Balaban J connectivity index is 1.73. The molecule has 1 atom stereocenters. The van der Waals surface area contributed by atoms with Crippen molar-refractivity contribution in [2.24, 2.45) is 0 Å². The monoisotopic (exact) mass is 388 g/mol. The first-order chi connectivity index (χ1) is 11.8. The Hall–Kier alpha value is -2.03. The fraction of sp³-hybridized carbons (Fsp3) is 0.250. The molecule has 1 unspecified atom stereocenters. The molecule has 1 aliphatic rings. The Morgan fingerprint density at radius 2 is 1.79 bits per heavy atom. The van der Waals surface area contributed by atoms with Gasteiger partial charge in [-0.15, -0.1) is 0 Å². The predicted molar refractivity (Wildman–Crippen MR) is 96.1 cm³/mol. The van der Waals surface area contributed by atoms with E-state index in [1.54, 1.807) is 0 Å². The van der Waals surface area contributed by atoms with Gasteiger partial charge in [0, 0.05) is 0 Å². The number of hydrogen-bond acceptors (Lipinski definition) is 3. The number of rotatable bonds is 6. The summed E-state index contributed by atoms with van der Waals surface area (Å²) in [5, 5.41) is 0.941. The summed E-state index contributed by atoms with van der Waals surface area (Å²) in [5.74, 6) is 0.425. The van der Waals surface area contributed by atoms with Crippen molar-refractivity contribution in [1.82, 2.24) is 0 Å². The topological polar surface area (TPSA) is 35.5 Å². The molecule has 1 aliphatic heterocycles. The first kappa shape index (κ1) is 16.8. The minimum absolute atomic E-state index is 0.0415. The summed E-state index contributed by atoms with van der Waals surface area (Å²) in [4.78, 5) is 12.3. The van der Waals surface area contributed by atoms with Crippen LogP contribution in [0.1, 0.15) is 18.9 Å². The number of hydrogen-bond donors (Lipinski definition) is 0. The molecule has 4 heteroatoms. The van der Waals surface area contributed by atoms with Crippen molar-refractivity contribution < 1.29 is 14.3 Å². The normalized spacial score (nSPS) is 16.8. The van der Waals surface area contributed by atoms with E-state index in [2.05, 4.69) is 24.3 Å². The number of ether oxygens (including phenoxy) is 2. The second-order valence-corrected chi connectivity index (χ2v) is 7.76. The van der Waals surface area contributed by atoms with E-state index in [0.29, 0.717) is 39.3 Å². The van der Waals surface area contributed by atoms with Crippen LogP contribution in [0.2, 0.25) is 5.32 Å². The van der Waals surface area contributed by atoms with Crippen LogP contribution in [-0.2, 0) is 14.3 Å². The van der Waals surface area contributed by atoms with E-state index in [4.69, 9.17) is 9.47 Å². The number of benzene rings is 2. The molecule has 124 valence electrons. The van der Waals surface area contributed by atoms with Crippen LogP contribution in [0.15, 0.2) is 66.2 Å². The molecule has 24 heavy (non-hydrogen) atoms. The molecule has 0 N–H and O–H groups in total. The predicted octanol–water partition coefficient (Wildman–Crippen LogP) is 3.20. The molecular weight excluding hydrogens is 367 g/mol. The van der Waals surface area contributed by atoms with Gasteiger partial charge in [0.15, 0.2) is 0 Å². The summed E-state index contributed by atoms with van der Waals surface area (Å²) in [6.45, 7) is 2.20. The quantitative estimate of drug-likeness (QED) is 0.564. The average Bonchev–Trinajstić information content (AvgIpc) is 3.06. The van der Waals surface area contributed by atoms with Gasteiger partial charge >= 0.3 is 149 Å². The third kappa shape index (κ3) is 4.08. The van der Waals surface area contributed by atoms with Crippen molar-refractivity contribution in [3.8, 4) is 0 Å². The molecule has 2 aromatic carbocycles. The molecule has 0 saturated heterocycles. The van der Waals surface area contributed by atoms with E-state index in [-0.39, 0.29) is 12.1 Å². The first-order valence-corrected chi connectivity index (χ1v) is 10.1. The van der Waals surface area contributed by atoms with Gasteiger partial charge in [-0.05, 0) is 0 Å². The molecule has 0 fully saturated rings. The Kier molecular flexibility index (Phi) is 5.73. The van der Waals surface area contributed by atoms with Crippen molar-refractivity contribution in [3.63, 3.8) is 0 Å². The molecule has 0 amide bonds. The van der Waals surface area contributed by atoms with Gasteiger partial charge in [0.2, 0.25) is 0 Å². The standard InChI is InChI=1S/C20H20O3Se/c1-2-22-20(21)18-13-16(14-24-17-11-7-4-8-12-17)23-19(18)15-9-5-3-6-10-15/h3-12,16H,2,13-14H2,1H3. The SMILES string of the molecule is CCOC(=O)C1=C(c2ccccc2)OC(C[Se]c2ccccc2)C1. The zero-order chi connectivity index (χ0) is 16.8. The van der Waals surface area contributed by atoms with E-state index in [0.717, 1.165) is 10.9 Å².